The fourth-order valence-electron chi connectivity index (χ4n) is 2.87. The van der Waals surface area contributed by atoms with E-state index in [4.69, 9.17) is 4.42 Å². The second-order valence-corrected chi connectivity index (χ2v) is 6.66. The van der Waals surface area contributed by atoms with Gasteiger partial charge >= 0.3 is 0 Å². The fourth-order valence-corrected chi connectivity index (χ4v) is 2.87. The summed E-state index contributed by atoms with van der Waals surface area (Å²) in [5.74, 6) is 1.80. The van der Waals surface area contributed by atoms with Crippen molar-refractivity contribution in [2.45, 2.75) is 45.7 Å². The van der Waals surface area contributed by atoms with Gasteiger partial charge in [-0.3, -0.25) is 9.89 Å². The summed E-state index contributed by atoms with van der Waals surface area (Å²) < 4.78 is 5.55. The molecule has 2 unspecified atom stereocenters. The molecule has 0 amide bonds. The molecule has 1 heterocycles. The third kappa shape index (κ3) is 7.92. The molecule has 0 fully saturated rings. The molecule has 2 atom stereocenters. The molecule has 2 N–H and O–H groups in total. The van der Waals surface area contributed by atoms with Gasteiger partial charge in [0.05, 0.1) is 12.3 Å². The molecule has 0 aliphatic heterocycles. The standard InChI is InChI=1S/C19H37N5O/c1-7-24(8-2)13-9-11-16(3)22-19(20-4)21-15-17(23(5)6)18-12-10-14-25-18/h10,12,14,16-17H,7-9,11,13,15H2,1-6H3,(H2,20,21,22). The van der Waals surface area contributed by atoms with Gasteiger partial charge in [-0.1, -0.05) is 13.8 Å². The highest BCUT2D eigenvalue weighted by Gasteiger charge is 2.17. The summed E-state index contributed by atoms with van der Waals surface area (Å²) in [6.07, 6.45) is 4.04. The minimum Gasteiger partial charge on any atom is -0.468 e. The van der Waals surface area contributed by atoms with E-state index in [-0.39, 0.29) is 6.04 Å². The van der Waals surface area contributed by atoms with Gasteiger partial charge in [-0.15, -0.1) is 0 Å². The molecule has 1 rings (SSSR count). The van der Waals surface area contributed by atoms with Crippen molar-refractivity contribution < 1.29 is 4.42 Å². The molecule has 0 saturated carbocycles. The highest BCUT2D eigenvalue weighted by atomic mass is 16.3. The van der Waals surface area contributed by atoms with Crippen LogP contribution in [-0.2, 0) is 0 Å². The maximum Gasteiger partial charge on any atom is 0.191 e. The summed E-state index contributed by atoms with van der Waals surface area (Å²) in [5.41, 5.74) is 0. The lowest BCUT2D eigenvalue weighted by Crippen LogP contribution is -2.45. The summed E-state index contributed by atoms with van der Waals surface area (Å²) >= 11 is 0. The molecule has 0 saturated heterocycles. The van der Waals surface area contributed by atoms with Gasteiger partial charge < -0.3 is 20.0 Å². The van der Waals surface area contributed by atoms with Gasteiger partial charge in [-0.2, -0.15) is 0 Å². The van der Waals surface area contributed by atoms with Crippen molar-refractivity contribution in [2.75, 3.05) is 47.3 Å². The molecule has 144 valence electrons. The van der Waals surface area contributed by atoms with E-state index in [2.05, 4.69) is 60.3 Å². The number of likely N-dealkylation sites (N-methyl/N-ethyl adjacent to an activating group) is 1. The third-order valence-corrected chi connectivity index (χ3v) is 4.57. The van der Waals surface area contributed by atoms with Crippen molar-refractivity contribution in [3.05, 3.63) is 24.2 Å². The molecular formula is C19H37N5O. The van der Waals surface area contributed by atoms with Crippen LogP contribution in [0.25, 0.3) is 0 Å². The predicted octanol–water partition coefficient (Wildman–Crippen LogP) is 2.56. The van der Waals surface area contributed by atoms with Crippen molar-refractivity contribution in [3.8, 4) is 0 Å². The first kappa shape index (κ1) is 21.5. The van der Waals surface area contributed by atoms with E-state index < -0.39 is 0 Å². The Balaban J connectivity index is 2.40. The minimum absolute atomic E-state index is 0.173. The highest BCUT2D eigenvalue weighted by Crippen LogP contribution is 2.17. The molecule has 25 heavy (non-hydrogen) atoms. The summed E-state index contributed by atoms with van der Waals surface area (Å²) in [6.45, 7) is 10.8. The van der Waals surface area contributed by atoms with Crippen molar-refractivity contribution in [3.63, 3.8) is 0 Å². The first-order valence-electron chi connectivity index (χ1n) is 9.41. The van der Waals surface area contributed by atoms with Crippen LogP contribution in [0, 0.1) is 0 Å². The molecule has 1 aromatic rings. The van der Waals surface area contributed by atoms with Crippen molar-refractivity contribution >= 4 is 5.96 Å². The zero-order valence-electron chi connectivity index (χ0n) is 16.9. The van der Waals surface area contributed by atoms with Crippen molar-refractivity contribution in [2.24, 2.45) is 4.99 Å². The van der Waals surface area contributed by atoms with Gasteiger partial charge in [-0.05, 0) is 65.6 Å². The molecule has 6 heteroatoms. The number of aliphatic imine (C=N–C) groups is 1. The maximum atomic E-state index is 5.55. The van der Waals surface area contributed by atoms with Crippen LogP contribution in [0.1, 0.15) is 45.4 Å². The van der Waals surface area contributed by atoms with Crippen LogP contribution in [0.2, 0.25) is 0 Å². The summed E-state index contributed by atoms with van der Waals surface area (Å²) in [6, 6.07) is 4.50. The van der Waals surface area contributed by atoms with Gasteiger partial charge in [0.15, 0.2) is 5.96 Å². The van der Waals surface area contributed by atoms with Crippen LogP contribution in [0.5, 0.6) is 0 Å². The first-order valence-corrected chi connectivity index (χ1v) is 9.41. The Morgan fingerprint density at radius 1 is 1.28 bits per heavy atom. The Hall–Kier alpha value is -1.53. The lowest BCUT2D eigenvalue weighted by atomic mass is 10.1. The number of hydrogen-bond acceptors (Lipinski definition) is 4. The monoisotopic (exact) mass is 351 g/mol. The quantitative estimate of drug-likeness (QED) is 0.474. The molecule has 6 nitrogen and oxygen atoms in total. The molecule has 0 bridgehead atoms. The molecule has 0 aliphatic carbocycles. The van der Waals surface area contributed by atoms with E-state index >= 15 is 0 Å². The lowest BCUT2D eigenvalue weighted by Gasteiger charge is -2.25. The van der Waals surface area contributed by atoms with Gasteiger partial charge in [0.1, 0.15) is 5.76 Å². The van der Waals surface area contributed by atoms with Gasteiger partial charge in [0.25, 0.3) is 0 Å². The van der Waals surface area contributed by atoms with E-state index in [0.717, 1.165) is 44.3 Å². The van der Waals surface area contributed by atoms with Crippen LogP contribution < -0.4 is 10.6 Å². The highest BCUT2D eigenvalue weighted by molar-refractivity contribution is 5.79. The predicted molar refractivity (Wildman–Crippen MR) is 106 cm³/mol. The van der Waals surface area contributed by atoms with Crippen LogP contribution in [0.15, 0.2) is 27.8 Å². The zero-order chi connectivity index (χ0) is 18.7. The average Bonchev–Trinajstić information content (AvgIpc) is 3.11. The second kappa shape index (κ2) is 11.9. The van der Waals surface area contributed by atoms with Gasteiger partial charge in [-0.25, -0.2) is 0 Å². The molecule has 1 aromatic heterocycles. The van der Waals surface area contributed by atoms with Crippen LogP contribution >= 0.6 is 0 Å². The number of furan rings is 1. The Morgan fingerprint density at radius 3 is 2.52 bits per heavy atom. The van der Waals surface area contributed by atoms with Crippen LogP contribution in [0.4, 0.5) is 0 Å². The Kier molecular flexibility index (Phi) is 10.3. The average molecular weight is 352 g/mol. The van der Waals surface area contributed by atoms with Gasteiger partial charge in [0.2, 0.25) is 0 Å². The van der Waals surface area contributed by atoms with Gasteiger partial charge in [0, 0.05) is 19.6 Å². The number of rotatable bonds is 11. The smallest absolute Gasteiger partial charge is 0.191 e. The molecule has 0 spiro atoms. The molecule has 0 aromatic carbocycles. The molecular weight excluding hydrogens is 314 g/mol. The van der Waals surface area contributed by atoms with E-state index in [9.17, 15) is 0 Å². The Morgan fingerprint density at radius 2 is 2.00 bits per heavy atom. The number of guanidine groups is 1. The number of hydrogen-bond donors (Lipinski definition) is 2. The summed E-state index contributed by atoms with van der Waals surface area (Å²) in [5, 5.41) is 6.91. The summed E-state index contributed by atoms with van der Waals surface area (Å²) in [7, 11) is 5.93. The largest absolute Gasteiger partial charge is 0.468 e. The van der Waals surface area contributed by atoms with E-state index in [1.807, 2.05) is 19.2 Å². The van der Waals surface area contributed by atoms with Crippen molar-refractivity contribution in [1.82, 2.24) is 20.4 Å². The topological polar surface area (TPSA) is 56.0 Å². The third-order valence-electron chi connectivity index (χ3n) is 4.57. The Labute approximate surface area is 153 Å². The van der Waals surface area contributed by atoms with E-state index in [1.165, 1.54) is 6.42 Å². The first-order chi connectivity index (χ1) is 12.0. The SMILES string of the molecule is CCN(CC)CCCC(C)NC(=NC)NCC(c1ccco1)N(C)C. The fraction of sp³-hybridized carbons (Fsp3) is 0.737. The van der Waals surface area contributed by atoms with Crippen LogP contribution in [-0.4, -0.2) is 69.1 Å². The lowest BCUT2D eigenvalue weighted by molar-refractivity contribution is 0.258. The summed E-state index contributed by atoms with van der Waals surface area (Å²) in [4.78, 5) is 8.96. The zero-order valence-corrected chi connectivity index (χ0v) is 16.9. The van der Waals surface area contributed by atoms with Crippen LogP contribution in [0.3, 0.4) is 0 Å². The van der Waals surface area contributed by atoms with Crippen molar-refractivity contribution in [1.29, 1.82) is 0 Å². The van der Waals surface area contributed by atoms with E-state index in [1.54, 1.807) is 6.26 Å². The Bertz CT molecular complexity index is 468. The maximum absolute atomic E-state index is 5.55. The molecule has 0 aliphatic rings. The number of nitrogens with zero attached hydrogens (tertiary/aromatic N) is 3. The second-order valence-electron chi connectivity index (χ2n) is 6.66. The molecule has 0 radical (unpaired) electrons. The van der Waals surface area contributed by atoms with E-state index in [0.29, 0.717) is 6.04 Å². The minimum atomic E-state index is 0.173. The normalized spacial score (nSPS) is 14.8. The number of nitrogens with one attached hydrogen (secondary N) is 2.